The summed E-state index contributed by atoms with van der Waals surface area (Å²) in [6.45, 7) is 1.71. The Balaban J connectivity index is 1.50. The maximum Gasteiger partial charge on any atom is 0.263 e. The molecule has 0 spiro atoms. The molecule has 192 valence electrons. The molecule has 1 atom stereocenters. The first-order chi connectivity index (χ1) is 17.2. The van der Waals surface area contributed by atoms with E-state index in [2.05, 4.69) is 30.5 Å². The summed E-state index contributed by atoms with van der Waals surface area (Å²) in [5.74, 6) is 2.09. The van der Waals surface area contributed by atoms with Crippen LogP contribution in [0.15, 0.2) is 58.0 Å². The van der Waals surface area contributed by atoms with Gasteiger partial charge in [0.2, 0.25) is 5.88 Å². The molecule has 0 amide bonds. The van der Waals surface area contributed by atoms with E-state index in [1.165, 1.54) is 26.5 Å². The van der Waals surface area contributed by atoms with Gasteiger partial charge in [0.1, 0.15) is 22.5 Å². The molecule has 0 aliphatic carbocycles. The van der Waals surface area contributed by atoms with Crippen molar-refractivity contribution < 1.29 is 27.4 Å². The number of nitrogens with zero attached hydrogens (tertiary/aromatic N) is 2. The van der Waals surface area contributed by atoms with Crippen LogP contribution in [-0.4, -0.2) is 58.8 Å². The summed E-state index contributed by atoms with van der Waals surface area (Å²) >= 11 is 9.62. The van der Waals surface area contributed by atoms with Gasteiger partial charge in [0.25, 0.3) is 10.0 Å². The SMILES string of the molecule is COc1ccc(Oc2ncc(S(=O)(=O)Nc3ccc(Cl)c(O[C@@H]4CCN(C)C4)c3)cc2Br)cc1OC. The van der Waals surface area contributed by atoms with Gasteiger partial charge in [-0.2, -0.15) is 0 Å². The number of benzene rings is 2. The quantitative estimate of drug-likeness (QED) is 0.359. The van der Waals surface area contributed by atoms with Gasteiger partial charge in [0.15, 0.2) is 11.5 Å². The molecule has 9 nitrogen and oxygen atoms in total. The Morgan fingerprint density at radius 1 is 1.08 bits per heavy atom. The molecule has 1 aliphatic heterocycles. The number of likely N-dealkylation sites (tertiary alicyclic amines) is 1. The summed E-state index contributed by atoms with van der Waals surface area (Å²) < 4.78 is 51.3. The molecule has 12 heteroatoms. The zero-order chi connectivity index (χ0) is 25.9. The summed E-state index contributed by atoms with van der Waals surface area (Å²) in [5.41, 5.74) is 0.322. The minimum atomic E-state index is -3.95. The van der Waals surface area contributed by atoms with Crippen LogP contribution in [0.2, 0.25) is 5.02 Å². The second-order valence-corrected chi connectivity index (χ2v) is 11.1. The van der Waals surface area contributed by atoms with Crippen molar-refractivity contribution in [3.63, 3.8) is 0 Å². The van der Waals surface area contributed by atoms with Crippen molar-refractivity contribution in [3.8, 4) is 28.9 Å². The summed E-state index contributed by atoms with van der Waals surface area (Å²) in [6.07, 6.45) is 2.09. The lowest BCUT2D eigenvalue weighted by Gasteiger charge is -2.16. The largest absolute Gasteiger partial charge is 0.493 e. The molecular formula is C24H25BrClN3O6S. The van der Waals surface area contributed by atoms with E-state index in [1.807, 2.05) is 7.05 Å². The maximum absolute atomic E-state index is 13.0. The smallest absolute Gasteiger partial charge is 0.263 e. The van der Waals surface area contributed by atoms with Crippen molar-refractivity contribution in [1.29, 1.82) is 0 Å². The lowest BCUT2D eigenvalue weighted by atomic mass is 10.3. The fourth-order valence-corrected chi connectivity index (χ4v) is 5.43. The predicted molar refractivity (Wildman–Crippen MR) is 140 cm³/mol. The van der Waals surface area contributed by atoms with Gasteiger partial charge in [-0.15, -0.1) is 0 Å². The van der Waals surface area contributed by atoms with Crippen molar-refractivity contribution in [2.24, 2.45) is 0 Å². The van der Waals surface area contributed by atoms with E-state index in [0.29, 0.717) is 38.2 Å². The lowest BCUT2D eigenvalue weighted by Crippen LogP contribution is -2.21. The maximum atomic E-state index is 13.0. The van der Waals surface area contributed by atoms with Crippen molar-refractivity contribution >= 4 is 43.2 Å². The van der Waals surface area contributed by atoms with Gasteiger partial charge < -0.3 is 23.8 Å². The number of anilines is 1. The molecule has 0 bridgehead atoms. The summed E-state index contributed by atoms with van der Waals surface area (Å²) in [6, 6.07) is 11.2. The predicted octanol–water partition coefficient (Wildman–Crippen LogP) is 5.19. The van der Waals surface area contributed by atoms with Gasteiger partial charge in [0, 0.05) is 25.2 Å². The third kappa shape index (κ3) is 6.15. The molecule has 1 saturated heterocycles. The fourth-order valence-electron chi connectivity index (χ4n) is 3.66. The van der Waals surface area contributed by atoms with E-state index in [0.717, 1.165) is 19.5 Å². The van der Waals surface area contributed by atoms with Crippen molar-refractivity contribution in [1.82, 2.24) is 9.88 Å². The Kier molecular flexibility index (Phi) is 8.13. The van der Waals surface area contributed by atoms with Gasteiger partial charge in [-0.3, -0.25) is 4.72 Å². The molecule has 1 N–H and O–H groups in total. The molecule has 1 fully saturated rings. The molecule has 2 aromatic carbocycles. The Morgan fingerprint density at radius 2 is 1.86 bits per heavy atom. The summed E-state index contributed by atoms with van der Waals surface area (Å²) in [4.78, 5) is 6.29. The van der Waals surface area contributed by atoms with E-state index >= 15 is 0 Å². The number of nitrogens with one attached hydrogen (secondary N) is 1. The van der Waals surface area contributed by atoms with Crippen LogP contribution in [0, 0.1) is 0 Å². The zero-order valence-electron chi connectivity index (χ0n) is 19.8. The Labute approximate surface area is 223 Å². The van der Waals surface area contributed by atoms with Crippen LogP contribution >= 0.6 is 27.5 Å². The third-order valence-electron chi connectivity index (χ3n) is 5.49. The van der Waals surface area contributed by atoms with Gasteiger partial charge in [-0.05, 0) is 59.7 Å². The molecule has 1 aromatic heterocycles. The average molecular weight is 599 g/mol. The number of hydrogen-bond donors (Lipinski definition) is 1. The third-order valence-corrected chi connectivity index (χ3v) is 7.72. The standard InChI is InChI=1S/C24H25BrClN3O6S/c1-29-9-8-17(14-29)34-22-10-15(4-6-20(22)26)28-36(30,31)18-12-19(25)24(27-13-18)35-16-5-7-21(32-2)23(11-16)33-3/h4-7,10-13,17,28H,8-9,14H2,1-3H3/t17-/m1/s1. The highest BCUT2D eigenvalue weighted by Gasteiger charge is 2.23. The second-order valence-electron chi connectivity index (χ2n) is 8.12. The van der Waals surface area contributed by atoms with Crippen LogP contribution in [0.4, 0.5) is 5.69 Å². The first-order valence-corrected chi connectivity index (χ1v) is 13.6. The minimum absolute atomic E-state index is 0.00210. The lowest BCUT2D eigenvalue weighted by molar-refractivity contribution is 0.208. The topological polar surface area (TPSA) is 99.2 Å². The minimum Gasteiger partial charge on any atom is -0.493 e. The van der Waals surface area contributed by atoms with Gasteiger partial charge in [0.05, 0.1) is 35.6 Å². The summed E-state index contributed by atoms with van der Waals surface area (Å²) in [7, 11) is 1.12. The number of hydrogen-bond acceptors (Lipinski definition) is 8. The molecule has 36 heavy (non-hydrogen) atoms. The van der Waals surface area contributed by atoms with E-state index in [-0.39, 0.29) is 16.9 Å². The monoisotopic (exact) mass is 597 g/mol. The second kappa shape index (κ2) is 11.1. The molecule has 0 saturated carbocycles. The van der Waals surface area contributed by atoms with E-state index in [9.17, 15) is 8.42 Å². The average Bonchev–Trinajstić information content (AvgIpc) is 3.26. The first-order valence-electron chi connectivity index (χ1n) is 10.9. The van der Waals surface area contributed by atoms with E-state index in [1.54, 1.807) is 36.4 Å². The Bertz CT molecular complexity index is 1360. The Hall–Kier alpha value is -2.73. The van der Waals surface area contributed by atoms with Crippen LogP contribution in [0.3, 0.4) is 0 Å². The van der Waals surface area contributed by atoms with Crippen LogP contribution in [0.1, 0.15) is 6.42 Å². The number of halogens is 2. The normalized spacial score (nSPS) is 16.0. The Morgan fingerprint density at radius 3 is 2.53 bits per heavy atom. The van der Waals surface area contributed by atoms with Crippen LogP contribution in [0.25, 0.3) is 0 Å². The number of aromatic nitrogens is 1. The van der Waals surface area contributed by atoms with Crippen molar-refractivity contribution in [2.45, 2.75) is 17.4 Å². The molecule has 3 aromatic rings. The highest BCUT2D eigenvalue weighted by Crippen LogP contribution is 2.36. The molecule has 2 heterocycles. The van der Waals surface area contributed by atoms with Crippen LogP contribution < -0.4 is 23.7 Å². The number of likely N-dealkylation sites (N-methyl/N-ethyl adjacent to an activating group) is 1. The zero-order valence-corrected chi connectivity index (χ0v) is 23.0. The van der Waals surface area contributed by atoms with Gasteiger partial charge in [-0.1, -0.05) is 11.6 Å². The van der Waals surface area contributed by atoms with Crippen LogP contribution in [-0.2, 0) is 10.0 Å². The molecular weight excluding hydrogens is 574 g/mol. The highest BCUT2D eigenvalue weighted by molar-refractivity contribution is 9.10. The molecule has 0 unspecified atom stereocenters. The molecule has 4 rings (SSSR count). The number of pyridine rings is 1. The summed E-state index contributed by atoms with van der Waals surface area (Å²) in [5, 5.41) is 0.411. The molecule has 1 aliphatic rings. The molecule has 0 radical (unpaired) electrons. The first kappa shape index (κ1) is 26.3. The number of methoxy groups -OCH3 is 2. The highest BCUT2D eigenvalue weighted by atomic mass is 79.9. The van der Waals surface area contributed by atoms with E-state index < -0.39 is 10.0 Å². The number of ether oxygens (including phenoxy) is 4. The van der Waals surface area contributed by atoms with Gasteiger partial charge in [-0.25, -0.2) is 13.4 Å². The van der Waals surface area contributed by atoms with Crippen LogP contribution in [0.5, 0.6) is 28.9 Å². The van der Waals surface area contributed by atoms with Crippen molar-refractivity contribution in [3.05, 3.63) is 58.2 Å². The van der Waals surface area contributed by atoms with Crippen molar-refractivity contribution in [2.75, 3.05) is 39.1 Å². The number of rotatable bonds is 9. The van der Waals surface area contributed by atoms with E-state index in [4.69, 9.17) is 30.5 Å². The number of sulfonamides is 1. The fraction of sp³-hybridized carbons (Fsp3) is 0.292. The van der Waals surface area contributed by atoms with Gasteiger partial charge >= 0.3 is 0 Å².